The minimum atomic E-state index is 0.404. The van der Waals surface area contributed by atoms with Gasteiger partial charge in [-0.1, -0.05) is 50.4 Å². The van der Waals surface area contributed by atoms with Gasteiger partial charge in [0.25, 0.3) is 0 Å². The highest BCUT2D eigenvalue weighted by molar-refractivity contribution is 5.95. The van der Waals surface area contributed by atoms with Crippen LogP contribution in [0.1, 0.15) is 42.0 Å². The van der Waals surface area contributed by atoms with Crippen molar-refractivity contribution in [2.75, 3.05) is 0 Å². The summed E-state index contributed by atoms with van der Waals surface area (Å²) in [6.07, 6.45) is 7.67. The highest BCUT2D eigenvalue weighted by atomic mass is 14.3. The van der Waals surface area contributed by atoms with E-state index >= 15 is 0 Å². The quantitative estimate of drug-likeness (QED) is 0.599. The summed E-state index contributed by atoms with van der Waals surface area (Å²) in [4.78, 5) is 0. The van der Waals surface area contributed by atoms with Gasteiger partial charge in [0.15, 0.2) is 0 Å². The average molecular weight is 234 g/mol. The molecule has 0 spiro atoms. The molecule has 0 aromatic heterocycles. The van der Waals surface area contributed by atoms with Crippen molar-refractivity contribution in [2.45, 2.75) is 26.2 Å². The molecule has 0 fully saturated rings. The molecule has 1 aromatic carbocycles. The average Bonchev–Trinajstić information content (AvgIpc) is 2.63. The van der Waals surface area contributed by atoms with Crippen LogP contribution in [-0.2, 0) is 6.42 Å². The summed E-state index contributed by atoms with van der Waals surface area (Å²) < 4.78 is 0. The van der Waals surface area contributed by atoms with Crippen molar-refractivity contribution in [2.24, 2.45) is 0 Å². The molecule has 18 heavy (non-hydrogen) atoms. The Hall–Kier alpha value is -1.82. The Morgan fingerprint density at radius 3 is 2.72 bits per heavy atom. The van der Waals surface area contributed by atoms with E-state index in [1.807, 2.05) is 0 Å². The topological polar surface area (TPSA) is 0 Å². The number of hydrogen-bond acceptors (Lipinski definition) is 0. The second kappa shape index (κ2) is 3.84. The van der Waals surface area contributed by atoms with Gasteiger partial charge in [0.1, 0.15) is 0 Å². The van der Waals surface area contributed by atoms with Crippen molar-refractivity contribution in [3.05, 3.63) is 71.3 Å². The first-order valence-corrected chi connectivity index (χ1v) is 6.52. The molecule has 90 valence electrons. The lowest BCUT2D eigenvalue weighted by atomic mass is 9.85. The van der Waals surface area contributed by atoms with Crippen LogP contribution in [0.2, 0.25) is 0 Å². The lowest BCUT2D eigenvalue weighted by molar-refractivity contribution is 0.960. The molecular weight excluding hydrogens is 216 g/mol. The standard InChI is InChI=1S/C18H18/c1-5-14-7-6-8-15-9-10-16-12(3)11(2)13(4)17(16)18(14)15/h5-7,9-10,12H,2,4,8H2,1,3H3/b14-5-. The van der Waals surface area contributed by atoms with Crippen molar-refractivity contribution in [1.82, 2.24) is 0 Å². The van der Waals surface area contributed by atoms with Crippen molar-refractivity contribution in [1.29, 1.82) is 0 Å². The van der Waals surface area contributed by atoms with Crippen LogP contribution in [0.15, 0.2) is 49.1 Å². The van der Waals surface area contributed by atoms with Crippen molar-refractivity contribution >= 4 is 11.1 Å². The monoisotopic (exact) mass is 234 g/mol. The molecule has 0 bridgehead atoms. The maximum atomic E-state index is 4.25. The van der Waals surface area contributed by atoms with Gasteiger partial charge in [-0.15, -0.1) is 0 Å². The Morgan fingerprint density at radius 1 is 1.22 bits per heavy atom. The molecule has 0 nitrogen and oxygen atoms in total. The maximum Gasteiger partial charge on any atom is 0.00674 e. The highest BCUT2D eigenvalue weighted by Gasteiger charge is 2.30. The Kier molecular flexibility index (Phi) is 2.41. The Balaban J connectivity index is 2.35. The van der Waals surface area contributed by atoms with E-state index < -0.39 is 0 Å². The molecule has 1 atom stereocenters. The Labute approximate surface area is 109 Å². The number of rotatable bonds is 0. The number of fused-ring (bicyclic) bond motifs is 3. The zero-order valence-electron chi connectivity index (χ0n) is 11.1. The summed E-state index contributed by atoms with van der Waals surface area (Å²) in [5.74, 6) is 0.404. The SMILES string of the molecule is C=C1C(=C)C(C)c2ccc3c(c21)/C(=C\C)C=CC3. The molecule has 1 unspecified atom stereocenters. The molecule has 0 radical (unpaired) electrons. The van der Waals surface area contributed by atoms with Gasteiger partial charge >= 0.3 is 0 Å². The lowest BCUT2D eigenvalue weighted by Crippen LogP contribution is -2.02. The van der Waals surface area contributed by atoms with Crippen LogP contribution in [0.3, 0.4) is 0 Å². The first-order chi connectivity index (χ1) is 8.65. The van der Waals surface area contributed by atoms with Crippen LogP contribution in [-0.4, -0.2) is 0 Å². The first kappa shape index (κ1) is 11.3. The van der Waals surface area contributed by atoms with Gasteiger partial charge in [0.2, 0.25) is 0 Å². The van der Waals surface area contributed by atoms with Gasteiger partial charge in [-0.25, -0.2) is 0 Å². The first-order valence-electron chi connectivity index (χ1n) is 6.52. The summed E-state index contributed by atoms with van der Waals surface area (Å²) in [5.41, 5.74) is 9.13. The summed E-state index contributed by atoms with van der Waals surface area (Å²) in [6.45, 7) is 12.8. The molecule has 2 aliphatic carbocycles. The third-order valence-corrected chi connectivity index (χ3v) is 4.24. The van der Waals surface area contributed by atoms with Crippen LogP contribution in [0, 0.1) is 0 Å². The number of hydrogen-bond donors (Lipinski definition) is 0. The fourth-order valence-electron chi connectivity index (χ4n) is 3.09. The van der Waals surface area contributed by atoms with Crippen LogP contribution < -0.4 is 0 Å². The third-order valence-electron chi connectivity index (χ3n) is 4.24. The summed E-state index contributed by atoms with van der Waals surface area (Å²) in [6, 6.07) is 4.53. The second-order valence-electron chi connectivity index (χ2n) is 5.14. The highest BCUT2D eigenvalue weighted by Crippen LogP contribution is 2.48. The smallest absolute Gasteiger partial charge is 0.00674 e. The van der Waals surface area contributed by atoms with E-state index in [-0.39, 0.29) is 0 Å². The second-order valence-corrected chi connectivity index (χ2v) is 5.14. The molecule has 0 N–H and O–H groups in total. The molecular formula is C18H18. The fourth-order valence-corrected chi connectivity index (χ4v) is 3.09. The van der Waals surface area contributed by atoms with Crippen molar-refractivity contribution in [3.8, 4) is 0 Å². The molecule has 0 saturated carbocycles. The molecule has 0 heterocycles. The molecule has 1 aromatic rings. The van der Waals surface area contributed by atoms with Crippen LogP contribution in [0.4, 0.5) is 0 Å². The van der Waals surface area contributed by atoms with Gasteiger partial charge in [-0.05, 0) is 52.3 Å². The summed E-state index contributed by atoms with van der Waals surface area (Å²) in [5, 5.41) is 0. The normalized spacial score (nSPS) is 23.4. The van der Waals surface area contributed by atoms with Crippen LogP contribution >= 0.6 is 0 Å². The predicted octanol–water partition coefficient (Wildman–Crippen LogP) is 4.89. The van der Waals surface area contributed by atoms with Crippen LogP contribution in [0.5, 0.6) is 0 Å². The van der Waals surface area contributed by atoms with E-state index in [2.05, 4.69) is 57.4 Å². The molecule has 3 rings (SSSR count). The fraction of sp³-hybridized carbons (Fsp3) is 0.222. The minimum Gasteiger partial charge on any atom is -0.0946 e. The van der Waals surface area contributed by atoms with Gasteiger partial charge in [-0.2, -0.15) is 0 Å². The van der Waals surface area contributed by atoms with Gasteiger partial charge in [0, 0.05) is 5.92 Å². The summed E-state index contributed by atoms with van der Waals surface area (Å²) >= 11 is 0. The third kappa shape index (κ3) is 1.32. The Bertz CT molecular complexity index is 624. The zero-order chi connectivity index (χ0) is 12.9. The predicted molar refractivity (Wildman–Crippen MR) is 79.5 cm³/mol. The molecule has 0 amide bonds. The minimum absolute atomic E-state index is 0.404. The number of benzene rings is 1. The van der Waals surface area contributed by atoms with Gasteiger partial charge < -0.3 is 0 Å². The van der Waals surface area contributed by atoms with Crippen molar-refractivity contribution < 1.29 is 0 Å². The summed E-state index contributed by atoms with van der Waals surface area (Å²) in [7, 11) is 0. The van der Waals surface area contributed by atoms with Crippen molar-refractivity contribution in [3.63, 3.8) is 0 Å². The maximum absolute atomic E-state index is 4.25. The molecule has 0 saturated heterocycles. The number of allylic oxidation sites excluding steroid dienone is 6. The van der Waals surface area contributed by atoms with E-state index in [9.17, 15) is 0 Å². The zero-order valence-corrected chi connectivity index (χ0v) is 11.1. The molecule has 0 heteroatoms. The van der Waals surface area contributed by atoms with E-state index in [1.54, 1.807) is 0 Å². The van der Waals surface area contributed by atoms with Crippen LogP contribution in [0.25, 0.3) is 11.1 Å². The van der Waals surface area contributed by atoms with E-state index in [0.29, 0.717) is 5.92 Å². The van der Waals surface area contributed by atoms with E-state index in [1.165, 1.54) is 33.4 Å². The lowest BCUT2D eigenvalue weighted by Gasteiger charge is -2.19. The van der Waals surface area contributed by atoms with Gasteiger partial charge in [-0.3, -0.25) is 0 Å². The molecule has 2 aliphatic rings. The largest absolute Gasteiger partial charge is 0.0946 e. The van der Waals surface area contributed by atoms with Gasteiger partial charge in [0.05, 0.1) is 0 Å². The Morgan fingerprint density at radius 2 is 2.00 bits per heavy atom. The molecule has 0 aliphatic heterocycles. The van der Waals surface area contributed by atoms with E-state index in [4.69, 9.17) is 0 Å². The van der Waals surface area contributed by atoms with E-state index in [0.717, 1.165) is 12.0 Å².